The minimum absolute atomic E-state index is 0. The van der Waals surface area contributed by atoms with E-state index in [0.717, 1.165) is 13.1 Å². The second kappa shape index (κ2) is 4.24. The Morgan fingerprint density at radius 1 is 1.45 bits per heavy atom. The van der Waals surface area contributed by atoms with E-state index in [4.69, 9.17) is 5.73 Å². The molecule has 68 valence electrons. The Kier molecular flexibility index (Phi) is 4.29. The van der Waals surface area contributed by atoms with Crippen LogP contribution in [0.25, 0.3) is 0 Å². The van der Waals surface area contributed by atoms with Crippen molar-refractivity contribution in [2.45, 2.75) is 18.5 Å². The van der Waals surface area contributed by atoms with Gasteiger partial charge in [0, 0.05) is 19.6 Å². The molecule has 1 aliphatic rings. The Hall–Kier alpha value is 0.140. The van der Waals surface area contributed by atoms with E-state index in [1.165, 1.54) is 0 Å². The number of likely N-dealkylation sites (tertiary alicyclic amines) is 1. The molecule has 1 aliphatic heterocycles. The van der Waals surface area contributed by atoms with Gasteiger partial charge in [-0.05, 0) is 19.9 Å². The molecule has 2 nitrogen and oxygen atoms in total. The lowest BCUT2D eigenvalue weighted by Gasteiger charge is -2.33. The highest BCUT2D eigenvalue weighted by Gasteiger charge is 2.31. The van der Waals surface area contributed by atoms with Gasteiger partial charge in [-0.2, -0.15) is 0 Å². The molecule has 11 heavy (non-hydrogen) atoms. The van der Waals surface area contributed by atoms with Gasteiger partial charge < -0.3 is 10.6 Å². The molecule has 0 saturated carbocycles. The molecule has 1 rings (SSSR count). The average Bonchev–Trinajstić information content (AvgIpc) is 1.96. The third kappa shape index (κ3) is 2.93. The zero-order chi connectivity index (χ0) is 7.61. The van der Waals surface area contributed by atoms with Crippen molar-refractivity contribution in [2.24, 2.45) is 5.73 Å². The summed E-state index contributed by atoms with van der Waals surface area (Å²) in [6.45, 7) is 1.86. The monoisotopic (exact) mass is 182 g/mol. The van der Waals surface area contributed by atoms with Crippen LogP contribution >= 0.6 is 12.4 Å². The van der Waals surface area contributed by atoms with Crippen LogP contribution in [0.1, 0.15) is 12.8 Å². The third-order valence-electron chi connectivity index (χ3n) is 2.25. The van der Waals surface area contributed by atoms with Crippen LogP contribution in [0.2, 0.25) is 0 Å². The first-order valence-electron chi connectivity index (χ1n) is 3.74. The molecular weight excluding hydrogens is 167 g/mol. The fourth-order valence-corrected chi connectivity index (χ4v) is 1.22. The molecule has 0 aromatic rings. The summed E-state index contributed by atoms with van der Waals surface area (Å²) in [4.78, 5) is 2.13. The smallest absolute Gasteiger partial charge is 0.125 e. The van der Waals surface area contributed by atoms with Crippen molar-refractivity contribution < 1.29 is 4.39 Å². The van der Waals surface area contributed by atoms with Crippen molar-refractivity contribution >= 4 is 12.4 Å². The fourth-order valence-electron chi connectivity index (χ4n) is 1.22. The van der Waals surface area contributed by atoms with Crippen LogP contribution < -0.4 is 5.73 Å². The zero-order valence-electron chi connectivity index (χ0n) is 6.85. The lowest BCUT2D eigenvalue weighted by atomic mass is 9.94. The van der Waals surface area contributed by atoms with Gasteiger partial charge in [-0.3, -0.25) is 0 Å². The minimum atomic E-state index is -1.06. The lowest BCUT2D eigenvalue weighted by molar-refractivity contribution is 0.0773. The van der Waals surface area contributed by atoms with Crippen molar-refractivity contribution in [1.82, 2.24) is 4.90 Å². The van der Waals surface area contributed by atoms with Gasteiger partial charge in [0.1, 0.15) is 5.67 Å². The Morgan fingerprint density at radius 2 is 1.91 bits per heavy atom. The maximum absolute atomic E-state index is 13.3. The van der Waals surface area contributed by atoms with E-state index in [9.17, 15) is 4.39 Å². The molecule has 0 spiro atoms. The maximum Gasteiger partial charge on any atom is 0.125 e. The molecule has 0 amide bonds. The van der Waals surface area contributed by atoms with Crippen molar-refractivity contribution in [3.8, 4) is 0 Å². The molecule has 1 heterocycles. The summed E-state index contributed by atoms with van der Waals surface area (Å²) < 4.78 is 13.3. The lowest BCUT2D eigenvalue weighted by Crippen LogP contribution is -2.44. The van der Waals surface area contributed by atoms with Crippen LogP contribution in [-0.2, 0) is 0 Å². The van der Waals surface area contributed by atoms with Gasteiger partial charge in [-0.1, -0.05) is 0 Å². The second-order valence-corrected chi connectivity index (χ2v) is 3.16. The molecule has 4 heteroatoms. The highest BCUT2D eigenvalue weighted by molar-refractivity contribution is 5.85. The normalized spacial score (nSPS) is 24.3. The summed E-state index contributed by atoms with van der Waals surface area (Å²) in [5.41, 5.74) is 4.23. The van der Waals surface area contributed by atoms with Crippen LogP contribution in [0.3, 0.4) is 0 Å². The highest BCUT2D eigenvalue weighted by Crippen LogP contribution is 2.23. The van der Waals surface area contributed by atoms with Gasteiger partial charge in [0.2, 0.25) is 0 Å². The van der Waals surface area contributed by atoms with E-state index in [1.807, 2.05) is 7.05 Å². The number of hydrogen-bond acceptors (Lipinski definition) is 2. The van der Waals surface area contributed by atoms with E-state index >= 15 is 0 Å². The van der Waals surface area contributed by atoms with Crippen molar-refractivity contribution in [1.29, 1.82) is 0 Å². The molecule has 0 unspecified atom stereocenters. The molecule has 0 bridgehead atoms. The molecule has 0 aromatic heterocycles. The number of nitrogens with two attached hydrogens (primary N) is 1. The number of hydrogen-bond donors (Lipinski definition) is 1. The number of nitrogens with zero attached hydrogens (tertiary/aromatic N) is 1. The molecule has 0 aromatic carbocycles. The first-order valence-corrected chi connectivity index (χ1v) is 3.74. The molecular formula is C7H16ClFN2. The topological polar surface area (TPSA) is 29.3 Å². The zero-order valence-corrected chi connectivity index (χ0v) is 7.66. The van der Waals surface area contributed by atoms with Crippen molar-refractivity contribution in [2.75, 3.05) is 26.7 Å². The summed E-state index contributed by atoms with van der Waals surface area (Å²) in [5.74, 6) is 0. The summed E-state index contributed by atoms with van der Waals surface area (Å²) in [7, 11) is 2.01. The van der Waals surface area contributed by atoms with Crippen LogP contribution in [-0.4, -0.2) is 37.3 Å². The molecule has 0 radical (unpaired) electrons. The fraction of sp³-hybridized carbons (Fsp3) is 1.00. The van der Waals surface area contributed by atoms with E-state index in [2.05, 4.69) is 4.90 Å². The van der Waals surface area contributed by atoms with Crippen LogP contribution in [0.15, 0.2) is 0 Å². The van der Waals surface area contributed by atoms with Gasteiger partial charge in [-0.25, -0.2) is 4.39 Å². The summed E-state index contributed by atoms with van der Waals surface area (Å²) in [6.07, 6.45) is 1.19. The Labute approximate surface area is 73.3 Å². The SMILES string of the molecule is CN1CCC(F)(CN)CC1.Cl. The number of piperidine rings is 1. The van der Waals surface area contributed by atoms with Gasteiger partial charge in [0.15, 0.2) is 0 Å². The van der Waals surface area contributed by atoms with Gasteiger partial charge in [0.25, 0.3) is 0 Å². The first kappa shape index (κ1) is 11.1. The van der Waals surface area contributed by atoms with Crippen LogP contribution in [0.5, 0.6) is 0 Å². The second-order valence-electron chi connectivity index (χ2n) is 3.16. The predicted molar refractivity (Wildman–Crippen MR) is 46.9 cm³/mol. The van der Waals surface area contributed by atoms with Crippen molar-refractivity contribution in [3.63, 3.8) is 0 Å². The number of halogens is 2. The Bertz CT molecular complexity index is 113. The highest BCUT2D eigenvalue weighted by atomic mass is 35.5. The third-order valence-corrected chi connectivity index (χ3v) is 2.25. The summed E-state index contributed by atoms with van der Waals surface area (Å²) >= 11 is 0. The van der Waals surface area contributed by atoms with Gasteiger partial charge in [0.05, 0.1) is 0 Å². The maximum atomic E-state index is 13.3. The molecule has 0 aliphatic carbocycles. The molecule has 0 atom stereocenters. The van der Waals surface area contributed by atoms with Gasteiger partial charge >= 0.3 is 0 Å². The van der Waals surface area contributed by atoms with E-state index < -0.39 is 5.67 Å². The predicted octanol–water partition coefficient (Wildman–Crippen LogP) is 0.801. The standard InChI is InChI=1S/C7H15FN2.ClH/c1-10-4-2-7(8,6-9)3-5-10;/h2-6,9H2,1H3;1H. The Morgan fingerprint density at radius 3 is 2.27 bits per heavy atom. The summed E-state index contributed by atoms with van der Waals surface area (Å²) in [6, 6.07) is 0. The number of alkyl halides is 1. The first-order chi connectivity index (χ1) is 4.66. The average molecular weight is 183 g/mol. The quantitative estimate of drug-likeness (QED) is 0.650. The largest absolute Gasteiger partial charge is 0.328 e. The van der Waals surface area contributed by atoms with Crippen LogP contribution in [0, 0.1) is 0 Å². The minimum Gasteiger partial charge on any atom is -0.328 e. The molecule has 1 fully saturated rings. The summed E-state index contributed by atoms with van der Waals surface area (Å²) in [5, 5.41) is 0. The van der Waals surface area contributed by atoms with E-state index in [0.29, 0.717) is 12.8 Å². The van der Waals surface area contributed by atoms with E-state index in [-0.39, 0.29) is 19.0 Å². The van der Waals surface area contributed by atoms with E-state index in [1.54, 1.807) is 0 Å². The molecule has 1 saturated heterocycles. The Balaban J connectivity index is 0.000001000. The number of rotatable bonds is 1. The van der Waals surface area contributed by atoms with Gasteiger partial charge in [-0.15, -0.1) is 12.4 Å². The molecule has 2 N–H and O–H groups in total. The van der Waals surface area contributed by atoms with Crippen LogP contribution in [0.4, 0.5) is 4.39 Å². The van der Waals surface area contributed by atoms with Crippen molar-refractivity contribution in [3.05, 3.63) is 0 Å².